The number of nitrogens with one attached hydrogen (secondary N) is 1. The normalized spacial score (nSPS) is 16.9. The van der Waals surface area contributed by atoms with Gasteiger partial charge in [-0.3, -0.25) is 4.79 Å². The van der Waals surface area contributed by atoms with Gasteiger partial charge in [0.2, 0.25) is 0 Å². The summed E-state index contributed by atoms with van der Waals surface area (Å²) in [6.45, 7) is 0.498. The first-order valence-electron chi connectivity index (χ1n) is 12.0. The summed E-state index contributed by atoms with van der Waals surface area (Å²) in [5.74, 6) is -1.06. The number of carbonyl (C=O) groups is 1. The molecule has 4 aromatic rings. The Kier molecular flexibility index (Phi) is 5.74. The van der Waals surface area contributed by atoms with E-state index in [4.69, 9.17) is 4.74 Å². The first kappa shape index (κ1) is 23.0. The van der Waals surface area contributed by atoms with E-state index in [9.17, 15) is 13.6 Å². The van der Waals surface area contributed by atoms with Crippen LogP contribution in [0.5, 0.6) is 5.75 Å². The summed E-state index contributed by atoms with van der Waals surface area (Å²) in [4.78, 5) is 23.8. The van der Waals surface area contributed by atoms with Crippen molar-refractivity contribution in [3.05, 3.63) is 66.6 Å². The molecule has 0 atom stereocenters. The van der Waals surface area contributed by atoms with Crippen LogP contribution in [0.15, 0.2) is 61.1 Å². The molecule has 0 spiro atoms. The largest absolute Gasteiger partial charge is 0.493 e. The van der Waals surface area contributed by atoms with E-state index in [-0.39, 0.29) is 19.0 Å². The van der Waals surface area contributed by atoms with Gasteiger partial charge in [-0.25, -0.2) is 18.7 Å². The molecule has 1 aromatic carbocycles. The van der Waals surface area contributed by atoms with Crippen LogP contribution in [-0.4, -0.2) is 56.3 Å². The summed E-state index contributed by atoms with van der Waals surface area (Å²) in [5, 5.41) is 11.1. The second kappa shape index (κ2) is 9.23. The fourth-order valence-electron chi connectivity index (χ4n) is 4.43. The molecule has 1 saturated heterocycles. The minimum atomic E-state index is -2.66. The predicted octanol–water partition coefficient (Wildman–Crippen LogP) is 4.28. The number of nitrogens with zero attached hydrogens (tertiary/aromatic N) is 6. The molecule has 11 heteroatoms. The Balaban J connectivity index is 1.30. The molecule has 0 radical (unpaired) electrons. The van der Waals surface area contributed by atoms with Gasteiger partial charge in [0.1, 0.15) is 29.4 Å². The Morgan fingerprint density at radius 2 is 1.89 bits per heavy atom. The van der Waals surface area contributed by atoms with Crippen molar-refractivity contribution < 1.29 is 18.3 Å². The zero-order valence-electron chi connectivity index (χ0n) is 19.8. The van der Waals surface area contributed by atoms with E-state index < -0.39 is 5.92 Å². The molecule has 1 N–H and O–H groups in total. The molecule has 6 rings (SSSR count). The molecule has 0 aliphatic carbocycles. The van der Waals surface area contributed by atoms with Gasteiger partial charge in [0.25, 0.3) is 11.8 Å². The molecule has 37 heavy (non-hydrogen) atoms. The average molecular weight is 504 g/mol. The summed E-state index contributed by atoms with van der Waals surface area (Å²) in [5.41, 5.74) is 2.48. The van der Waals surface area contributed by atoms with E-state index in [1.165, 1.54) is 4.90 Å². The Morgan fingerprint density at radius 3 is 2.70 bits per heavy atom. The molecular formula is C26H23F2N7O2. The molecule has 2 aliphatic rings. The van der Waals surface area contributed by atoms with Crippen molar-refractivity contribution in [2.45, 2.75) is 25.3 Å². The second-order valence-electron chi connectivity index (χ2n) is 9.09. The zero-order chi connectivity index (χ0) is 25.4. The number of pyridine rings is 2. The van der Waals surface area contributed by atoms with Gasteiger partial charge in [0.15, 0.2) is 5.82 Å². The molecule has 188 valence electrons. The third-order valence-corrected chi connectivity index (χ3v) is 6.36. The minimum absolute atomic E-state index is 0.330. The maximum Gasteiger partial charge on any atom is 0.282 e. The molecule has 0 saturated carbocycles. The summed E-state index contributed by atoms with van der Waals surface area (Å²) in [7, 11) is 0. The van der Waals surface area contributed by atoms with Crippen molar-refractivity contribution in [3.63, 3.8) is 0 Å². The molecule has 3 aromatic heterocycles. The van der Waals surface area contributed by atoms with Crippen molar-refractivity contribution in [2.75, 3.05) is 29.9 Å². The first-order valence-corrected chi connectivity index (χ1v) is 12.0. The Hall–Kier alpha value is -4.41. The number of hydrogen-bond donors (Lipinski definition) is 1. The van der Waals surface area contributed by atoms with Crippen LogP contribution in [0, 0.1) is 0 Å². The minimum Gasteiger partial charge on any atom is -0.493 e. The summed E-state index contributed by atoms with van der Waals surface area (Å²) < 4.78 is 34.4. The van der Waals surface area contributed by atoms with Crippen molar-refractivity contribution in [2.24, 2.45) is 0 Å². The lowest BCUT2D eigenvalue weighted by Gasteiger charge is -2.39. The van der Waals surface area contributed by atoms with Gasteiger partial charge in [-0.2, -0.15) is 0 Å². The van der Waals surface area contributed by atoms with Gasteiger partial charge in [-0.15, -0.1) is 10.2 Å². The van der Waals surface area contributed by atoms with E-state index in [0.29, 0.717) is 47.6 Å². The monoisotopic (exact) mass is 503 g/mol. The molecule has 1 fully saturated rings. The highest BCUT2D eigenvalue weighted by Gasteiger charge is 2.44. The van der Waals surface area contributed by atoms with Gasteiger partial charge < -0.3 is 19.5 Å². The standard InChI is InChI=1S/C26H23F2N7O2/c27-26(28)14-35(15-26)23-9-7-18(13-29-23)17-6-8-21-19(12-17)25(36)32-22-5-3-4-20(31-22)24-33-30-16-34(24)10-1-2-11-37-21/h3-9,12-13,16H,1-2,10-11,14-15H2,(H,31,32,36). The van der Waals surface area contributed by atoms with E-state index in [2.05, 4.69) is 25.5 Å². The third-order valence-electron chi connectivity index (χ3n) is 6.36. The molecule has 5 heterocycles. The van der Waals surface area contributed by atoms with E-state index in [1.807, 2.05) is 22.8 Å². The lowest BCUT2D eigenvalue weighted by Crippen LogP contribution is -2.56. The zero-order valence-corrected chi connectivity index (χ0v) is 19.8. The summed E-state index contributed by atoms with van der Waals surface area (Å²) >= 11 is 0. The highest BCUT2D eigenvalue weighted by molar-refractivity contribution is 6.06. The number of hydrogen-bond acceptors (Lipinski definition) is 7. The maximum atomic E-state index is 13.4. The van der Waals surface area contributed by atoms with Crippen LogP contribution in [-0.2, 0) is 6.54 Å². The summed E-state index contributed by atoms with van der Waals surface area (Å²) in [6, 6.07) is 14.2. The first-order chi connectivity index (χ1) is 17.9. The third kappa shape index (κ3) is 4.72. The lowest BCUT2D eigenvalue weighted by molar-refractivity contribution is -0.0267. The molecule has 2 aliphatic heterocycles. The van der Waals surface area contributed by atoms with E-state index in [0.717, 1.165) is 24.0 Å². The molecular weight excluding hydrogens is 480 g/mol. The Morgan fingerprint density at radius 1 is 1.03 bits per heavy atom. The smallest absolute Gasteiger partial charge is 0.282 e. The van der Waals surface area contributed by atoms with Gasteiger partial charge in [-0.1, -0.05) is 12.1 Å². The number of ether oxygens (including phenoxy) is 1. The molecule has 1 amide bonds. The van der Waals surface area contributed by atoms with Crippen LogP contribution in [0.4, 0.5) is 20.4 Å². The van der Waals surface area contributed by atoms with Gasteiger partial charge >= 0.3 is 0 Å². The highest BCUT2D eigenvalue weighted by atomic mass is 19.3. The maximum absolute atomic E-state index is 13.4. The van der Waals surface area contributed by atoms with Crippen LogP contribution >= 0.6 is 0 Å². The molecule has 2 bridgehead atoms. The van der Waals surface area contributed by atoms with Crippen LogP contribution < -0.4 is 15.0 Å². The van der Waals surface area contributed by atoms with Crippen LogP contribution in [0.25, 0.3) is 22.6 Å². The number of alkyl halides is 2. The number of anilines is 2. The van der Waals surface area contributed by atoms with Crippen molar-refractivity contribution in [1.82, 2.24) is 24.7 Å². The highest BCUT2D eigenvalue weighted by Crippen LogP contribution is 2.32. The van der Waals surface area contributed by atoms with E-state index >= 15 is 0 Å². The number of aromatic nitrogens is 5. The Labute approximate surface area is 211 Å². The fourth-order valence-corrected chi connectivity index (χ4v) is 4.43. The quantitative estimate of drug-likeness (QED) is 0.436. The summed E-state index contributed by atoms with van der Waals surface area (Å²) in [6.07, 6.45) is 4.91. The van der Waals surface area contributed by atoms with Crippen LogP contribution in [0.3, 0.4) is 0 Å². The van der Waals surface area contributed by atoms with Gasteiger partial charge in [0.05, 0.1) is 25.3 Å². The second-order valence-corrected chi connectivity index (χ2v) is 9.09. The Bertz CT molecular complexity index is 1450. The number of halogens is 2. The topological polar surface area (TPSA) is 98.1 Å². The number of benzene rings is 1. The lowest BCUT2D eigenvalue weighted by atomic mass is 10.0. The fraction of sp³-hybridized carbons (Fsp3) is 0.269. The van der Waals surface area contributed by atoms with Crippen molar-refractivity contribution in [1.29, 1.82) is 0 Å². The van der Waals surface area contributed by atoms with Crippen LogP contribution in [0.2, 0.25) is 0 Å². The van der Waals surface area contributed by atoms with Crippen molar-refractivity contribution in [3.8, 4) is 28.4 Å². The SMILES string of the molecule is O=C1Nc2cccc(n2)-c2nncn2CCCCOc2ccc(-c3ccc(N4CC(F)(F)C4)nc3)cc21. The van der Waals surface area contributed by atoms with Gasteiger partial charge in [-0.05, 0) is 54.8 Å². The van der Waals surface area contributed by atoms with Gasteiger partial charge in [0, 0.05) is 18.3 Å². The van der Waals surface area contributed by atoms with E-state index in [1.54, 1.807) is 42.9 Å². The number of aryl methyl sites for hydroxylation is 1. The van der Waals surface area contributed by atoms with Crippen LogP contribution in [0.1, 0.15) is 23.2 Å². The number of amides is 1. The number of carbonyl (C=O) groups excluding carboxylic acids is 1. The molecule has 0 unspecified atom stereocenters. The average Bonchev–Trinajstić information content (AvgIpc) is 3.35. The predicted molar refractivity (Wildman–Crippen MR) is 133 cm³/mol. The molecule has 9 nitrogen and oxygen atoms in total. The number of fused-ring (bicyclic) bond motifs is 5. The van der Waals surface area contributed by atoms with Crippen molar-refractivity contribution >= 4 is 17.5 Å². The number of rotatable bonds is 2.